The molecule has 0 unspecified atom stereocenters. The summed E-state index contributed by atoms with van der Waals surface area (Å²) in [6.45, 7) is 32.1. The number of aliphatic hydroxyl groups is 1. The van der Waals surface area contributed by atoms with Crippen molar-refractivity contribution in [1.82, 2.24) is 0 Å². The summed E-state index contributed by atoms with van der Waals surface area (Å²) in [5, 5.41) is 12.6. The van der Waals surface area contributed by atoms with Gasteiger partial charge < -0.3 is 18.4 Å². The summed E-state index contributed by atoms with van der Waals surface area (Å²) in [6.07, 6.45) is 5.54. The monoisotopic (exact) mass is 694 g/mol. The first-order valence-electron chi connectivity index (χ1n) is 17.5. The van der Waals surface area contributed by atoms with Crippen LogP contribution in [0.25, 0.3) is 0 Å². The van der Waals surface area contributed by atoms with Crippen LogP contribution in [0, 0.1) is 11.8 Å². The van der Waals surface area contributed by atoms with Gasteiger partial charge >= 0.3 is 0 Å². The Balaban J connectivity index is 2.46. The van der Waals surface area contributed by atoms with Gasteiger partial charge in [0.25, 0.3) is 8.32 Å². The fourth-order valence-corrected chi connectivity index (χ4v) is 12.8. The molecule has 47 heavy (non-hydrogen) atoms. The summed E-state index contributed by atoms with van der Waals surface area (Å²) in [5.41, 5.74) is 0. The van der Waals surface area contributed by atoms with E-state index in [2.05, 4.69) is 168 Å². The molecule has 2 aromatic carbocycles. The van der Waals surface area contributed by atoms with Crippen molar-refractivity contribution in [3.63, 3.8) is 0 Å². The third kappa shape index (κ3) is 10.9. The van der Waals surface area contributed by atoms with E-state index in [1.807, 2.05) is 12.2 Å². The van der Waals surface area contributed by atoms with Crippen LogP contribution in [-0.2, 0) is 13.3 Å². The zero-order valence-electron chi connectivity index (χ0n) is 32.2. The van der Waals surface area contributed by atoms with Crippen molar-refractivity contribution in [3.8, 4) is 11.8 Å². The Morgan fingerprint density at radius 3 is 1.51 bits per heavy atom. The Hall–Kier alpha value is -1.77. The summed E-state index contributed by atoms with van der Waals surface area (Å²) >= 11 is 0. The number of allylic oxidation sites excluding steroid dienone is 1. The van der Waals surface area contributed by atoms with Gasteiger partial charge in [0.15, 0.2) is 16.6 Å². The highest BCUT2D eigenvalue weighted by Gasteiger charge is 2.51. The minimum Gasteiger partial charge on any atom is -0.411 e. The molecule has 7 heteroatoms. The van der Waals surface area contributed by atoms with Gasteiger partial charge in [-0.15, -0.1) is 0 Å². The topological polar surface area (TPSA) is 47.9 Å². The van der Waals surface area contributed by atoms with Gasteiger partial charge in [0, 0.05) is 13.0 Å². The maximum absolute atomic E-state index is 10.1. The van der Waals surface area contributed by atoms with Gasteiger partial charge in [-0.25, -0.2) is 0 Å². The van der Waals surface area contributed by atoms with Gasteiger partial charge in [-0.1, -0.05) is 142 Å². The van der Waals surface area contributed by atoms with Crippen molar-refractivity contribution in [1.29, 1.82) is 0 Å². The predicted molar refractivity (Wildman–Crippen MR) is 210 cm³/mol. The lowest BCUT2D eigenvalue weighted by Crippen LogP contribution is -2.67. The molecule has 1 N–H and O–H groups in total. The molecule has 0 heterocycles. The molecule has 0 amide bonds. The standard InChI is InChI=1S/C40H66O4Si3/c1-15-36(43-45(11,12)38(2,3)4)37(44-46(13,14)39(5,6)7)30-24-16-19-25-33(31-32-41)42-47(40(8,9)10,34-26-20-17-21-27-34)35-28-22-18-23-29-35/h17-23,25-29,33,36-37,41H,15,30-32H2,1-14H3/b25-19+/t33-,36+,37+/m1/s1. The molecule has 0 spiro atoms. The summed E-state index contributed by atoms with van der Waals surface area (Å²) in [4.78, 5) is 0. The Bertz CT molecular complexity index is 1270. The van der Waals surface area contributed by atoms with Crippen molar-refractivity contribution in [3.05, 3.63) is 72.8 Å². The maximum Gasteiger partial charge on any atom is 0.261 e. The summed E-state index contributed by atoms with van der Waals surface area (Å²) < 4.78 is 21.3. The van der Waals surface area contributed by atoms with Crippen LogP contribution in [0.3, 0.4) is 0 Å². The van der Waals surface area contributed by atoms with Crippen molar-refractivity contribution >= 4 is 35.3 Å². The molecule has 0 aliphatic rings. The van der Waals surface area contributed by atoms with Crippen LogP contribution in [0.5, 0.6) is 0 Å². The van der Waals surface area contributed by atoms with Gasteiger partial charge in [0.2, 0.25) is 0 Å². The van der Waals surface area contributed by atoms with Crippen LogP contribution in [0.15, 0.2) is 72.8 Å². The lowest BCUT2D eigenvalue weighted by molar-refractivity contribution is 0.0362. The normalized spacial score (nSPS) is 15.6. The minimum atomic E-state index is -2.78. The van der Waals surface area contributed by atoms with Gasteiger partial charge in [0.1, 0.15) is 0 Å². The largest absolute Gasteiger partial charge is 0.411 e. The number of rotatable bonds is 14. The molecular weight excluding hydrogens is 629 g/mol. The number of hydrogen-bond donors (Lipinski definition) is 1. The van der Waals surface area contributed by atoms with E-state index in [1.165, 1.54) is 10.4 Å². The first-order chi connectivity index (χ1) is 21.6. The Labute approximate surface area is 292 Å². The third-order valence-electron chi connectivity index (χ3n) is 10.3. The lowest BCUT2D eigenvalue weighted by atomic mass is 10.1. The van der Waals surface area contributed by atoms with E-state index in [-0.39, 0.29) is 40.0 Å². The molecule has 2 rings (SSSR count). The van der Waals surface area contributed by atoms with Crippen LogP contribution < -0.4 is 10.4 Å². The van der Waals surface area contributed by atoms with Gasteiger partial charge in [0.05, 0.1) is 18.3 Å². The zero-order chi connectivity index (χ0) is 35.7. The maximum atomic E-state index is 10.1. The highest BCUT2D eigenvalue weighted by atomic mass is 28.4. The second-order valence-electron chi connectivity index (χ2n) is 17.0. The summed E-state index contributed by atoms with van der Waals surface area (Å²) in [6, 6.07) is 21.3. The smallest absolute Gasteiger partial charge is 0.261 e. The fourth-order valence-electron chi connectivity index (χ4n) is 5.40. The molecule has 0 saturated carbocycles. The average molecular weight is 695 g/mol. The first kappa shape index (κ1) is 41.4. The number of benzene rings is 2. The molecule has 3 atom stereocenters. The second-order valence-corrected chi connectivity index (χ2v) is 30.7. The molecule has 0 radical (unpaired) electrons. The lowest BCUT2D eigenvalue weighted by Gasteiger charge is -2.44. The van der Waals surface area contributed by atoms with Gasteiger partial charge in [-0.05, 0) is 76.7 Å². The quantitative estimate of drug-likeness (QED) is 0.158. The molecule has 0 aromatic heterocycles. The van der Waals surface area contributed by atoms with E-state index >= 15 is 0 Å². The van der Waals surface area contributed by atoms with Crippen molar-refractivity contribution < 1.29 is 18.4 Å². The molecule has 0 fully saturated rings. The van der Waals surface area contributed by atoms with E-state index in [9.17, 15) is 5.11 Å². The first-order valence-corrected chi connectivity index (χ1v) is 25.3. The van der Waals surface area contributed by atoms with Crippen LogP contribution in [0.2, 0.25) is 41.3 Å². The Morgan fingerprint density at radius 1 is 0.681 bits per heavy atom. The van der Waals surface area contributed by atoms with E-state index in [4.69, 9.17) is 13.3 Å². The Kier molecular flexibility index (Phi) is 14.8. The summed E-state index contributed by atoms with van der Waals surface area (Å²) in [5.74, 6) is 6.76. The van der Waals surface area contributed by atoms with Crippen molar-refractivity contribution in [2.75, 3.05) is 6.61 Å². The van der Waals surface area contributed by atoms with E-state index < -0.39 is 25.0 Å². The van der Waals surface area contributed by atoms with Gasteiger partial charge in [-0.2, -0.15) is 0 Å². The molecule has 4 nitrogen and oxygen atoms in total. The molecule has 2 aromatic rings. The van der Waals surface area contributed by atoms with Crippen LogP contribution >= 0.6 is 0 Å². The van der Waals surface area contributed by atoms with Crippen LogP contribution in [-0.4, -0.2) is 55.0 Å². The second kappa shape index (κ2) is 16.8. The van der Waals surface area contributed by atoms with Crippen LogP contribution in [0.4, 0.5) is 0 Å². The van der Waals surface area contributed by atoms with Crippen LogP contribution in [0.1, 0.15) is 88.5 Å². The molecule has 0 bridgehead atoms. The van der Waals surface area contributed by atoms with Crippen molar-refractivity contribution in [2.24, 2.45) is 0 Å². The third-order valence-corrected chi connectivity index (χ3v) is 24.3. The highest BCUT2D eigenvalue weighted by Crippen LogP contribution is 2.41. The molecule has 0 aliphatic carbocycles. The average Bonchev–Trinajstić information content (AvgIpc) is 2.96. The van der Waals surface area contributed by atoms with Gasteiger partial charge in [-0.3, -0.25) is 0 Å². The van der Waals surface area contributed by atoms with Crippen molar-refractivity contribution in [2.45, 2.75) is 148 Å². The molecule has 0 saturated heterocycles. The highest BCUT2D eigenvalue weighted by molar-refractivity contribution is 6.99. The summed E-state index contributed by atoms with van der Waals surface area (Å²) in [7, 11) is -6.86. The molecule has 262 valence electrons. The molecular formula is C40H66O4Si3. The minimum absolute atomic E-state index is 0.0103. The Morgan fingerprint density at radius 2 is 1.13 bits per heavy atom. The number of hydrogen-bond acceptors (Lipinski definition) is 4. The number of aliphatic hydroxyl groups excluding tert-OH is 1. The van der Waals surface area contributed by atoms with E-state index in [1.54, 1.807) is 0 Å². The van der Waals surface area contributed by atoms with E-state index in [0.717, 1.165) is 6.42 Å². The molecule has 0 aliphatic heterocycles. The zero-order valence-corrected chi connectivity index (χ0v) is 35.2. The fraction of sp³-hybridized carbons (Fsp3) is 0.600. The van der Waals surface area contributed by atoms with E-state index in [0.29, 0.717) is 12.8 Å². The SMILES string of the molecule is CC[C@H](O[Si](C)(C)C(C)(C)C)[C@H](CC#C/C=C/[C@H](CCO)O[Si](c1ccccc1)(c1ccccc1)C(C)(C)C)O[Si](C)(C)C(C)(C)C. The predicted octanol–water partition coefficient (Wildman–Crippen LogP) is 9.45.